The highest BCUT2D eigenvalue weighted by molar-refractivity contribution is 7.86. The van der Waals surface area contributed by atoms with Crippen LogP contribution in [0.25, 0.3) is 20.8 Å². The first-order chi connectivity index (χ1) is 13.8. The molecule has 0 fully saturated rings. The number of thiazole rings is 1. The first-order valence-corrected chi connectivity index (χ1v) is 10.8. The van der Waals surface area contributed by atoms with Gasteiger partial charge in [-0.15, -0.1) is 11.3 Å². The van der Waals surface area contributed by atoms with Crippen molar-refractivity contribution >= 4 is 43.0 Å². The van der Waals surface area contributed by atoms with E-state index >= 15 is 0 Å². The SMILES string of the molecule is Cc1ccc2sc(-c3ccc(/N=N/c4ccc(O)cc4)cc3)nc2c1S(=O)(=O)O. The fraction of sp³-hybridized carbons (Fsp3) is 0.0500. The number of azo groups is 1. The molecule has 0 unspecified atom stereocenters. The number of aromatic nitrogens is 1. The maximum absolute atomic E-state index is 11.7. The van der Waals surface area contributed by atoms with Gasteiger partial charge < -0.3 is 5.11 Å². The smallest absolute Gasteiger partial charge is 0.296 e. The summed E-state index contributed by atoms with van der Waals surface area (Å²) in [7, 11) is -4.37. The molecule has 0 aliphatic heterocycles. The van der Waals surface area contributed by atoms with Gasteiger partial charge in [0, 0.05) is 5.56 Å². The van der Waals surface area contributed by atoms with Crippen molar-refractivity contribution in [1.82, 2.24) is 4.98 Å². The van der Waals surface area contributed by atoms with Crippen molar-refractivity contribution in [2.24, 2.45) is 10.2 Å². The summed E-state index contributed by atoms with van der Waals surface area (Å²) in [4.78, 5) is 4.29. The monoisotopic (exact) mass is 425 g/mol. The second-order valence-electron chi connectivity index (χ2n) is 6.32. The molecular weight excluding hydrogens is 410 g/mol. The maximum Gasteiger partial charge on any atom is 0.296 e. The Kier molecular flexibility index (Phi) is 4.87. The van der Waals surface area contributed by atoms with Crippen LogP contribution in [0.5, 0.6) is 5.75 Å². The van der Waals surface area contributed by atoms with Gasteiger partial charge in [-0.25, -0.2) is 4.98 Å². The predicted molar refractivity (Wildman–Crippen MR) is 112 cm³/mol. The lowest BCUT2D eigenvalue weighted by atomic mass is 10.2. The van der Waals surface area contributed by atoms with Gasteiger partial charge in [0.15, 0.2) is 0 Å². The summed E-state index contributed by atoms with van der Waals surface area (Å²) in [6, 6.07) is 17.0. The molecule has 29 heavy (non-hydrogen) atoms. The van der Waals surface area contributed by atoms with Crippen LogP contribution in [0.2, 0.25) is 0 Å². The fourth-order valence-electron chi connectivity index (χ4n) is 2.83. The summed E-state index contributed by atoms with van der Waals surface area (Å²) in [5, 5.41) is 18.2. The molecule has 2 N–H and O–H groups in total. The number of aromatic hydroxyl groups is 1. The van der Waals surface area contributed by atoms with Crippen molar-refractivity contribution in [2.75, 3.05) is 0 Å². The quantitative estimate of drug-likeness (QED) is 0.325. The van der Waals surface area contributed by atoms with Crippen LogP contribution in [-0.2, 0) is 10.1 Å². The lowest BCUT2D eigenvalue weighted by Gasteiger charge is -2.02. The molecule has 0 radical (unpaired) electrons. The zero-order chi connectivity index (χ0) is 20.6. The molecular formula is C20H15N3O4S2. The molecule has 0 saturated carbocycles. The molecule has 0 spiro atoms. The van der Waals surface area contributed by atoms with Crippen molar-refractivity contribution in [3.63, 3.8) is 0 Å². The number of benzene rings is 3. The predicted octanol–water partition coefficient (Wildman–Crippen LogP) is 5.64. The van der Waals surface area contributed by atoms with Gasteiger partial charge in [-0.05, 0) is 67.1 Å². The van der Waals surface area contributed by atoms with E-state index in [1.807, 2.05) is 12.1 Å². The molecule has 0 atom stereocenters. The largest absolute Gasteiger partial charge is 0.508 e. The summed E-state index contributed by atoms with van der Waals surface area (Å²) in [5.74, 6) is 0.163. The van der Waals surface area contributed by atoms with E-state index in [9.17, 15) is 18.1 Å². The van der Waals surface area contributed by atoms with E-state index in [0.717, 1.165) is 5.56 Å². The molecule has 4 aromatic rings. The zero-order valence-electron chi connectivity index (χ0n) is 15.1. The van der Waals surface area contributed by atoms with Crippen molar-refractivity contribution in [1.29, 1.82) is 0 Å². The van der Waals surface area contributed by atoms with Crippen molar-refractivity contribution in [3.05, 3.63) is 66.2 Å². The first kappa shape index (κ1) is 19.2. The molecule has 0 saturated heterocycles. The van der Waals surface area contributed by atoms with E-state index in [4.69, 9.17) is 0 Å². The molecule has 146 valence electrons. The van der Waals surface area contributed by atoms with Crippen LogP contribution in [0, 0.1) is 6.92 Å². The van der Waals surface area contributed by atoms with E-state index in [1.54, 1.807) is 43.3 Å². The molecule has 1 heterocycles. The molecule has 1 aromatic heterocycles. The highest BCUT2D eigenvalue weighted by Gasteiger charge is 2.20. The molecule has 4 rings (SSSR count). The van der Waals surface area contributed by atoms with Crippen LogP contribution in [-0.4, -0.2) is 23.1 Å². The summed E-state index contributed by atoms with van der Waals surface area (Å²) in [6.45, 7) is 1.62. The van der Waals surface area contributed by atoms with E-state index in [2.05, 4.69) is 15.2 Å². The average Bonchev–Trinajstić information content (AvgIpc) is 3.10. The van der Waals surface area contributed by atoms with Crippen molar-refractivity contribution in [3.8, 4) is 16.3 Å². The number of phenols is 1. The highest BCUT2D eigenvalue weighted by atomic mass is 32.2. The van der Waals surface area contributed by atoms with E-state index < -0.39 is 10.1 Å². The minimum Gasteiger partial charge on any atom is -0.508 e. The maximum atomic E-state index is 11.7. The number of hydrogen-bond donors (Lipinski definition) is 2. The van der Waals surface area contributed by atoms with E-state index in [1.165, 1.54) is 23.5 Å². The number of nitrogens with zero attached hydrogens (tertiary/aromatic N) is 3. The van der Waals surface area contributed by atoms with Crippen LogP contribution in [0.4, 0.5) is 11.4 Å². The molecule has 3 aromatic carbocycles. The van der Waals surface area contributed by atoms with Crippen LogP contribution >= 0.6 is 11.3 Å². The second kappa shape index (κ2) is 7.36. The number of hydrogen-bond acceptors (Lipinski definition) is 7. The Morgan fingerprint density at radius 2 is 1.48 bits per heavy atom. The lowest BCUT2D eigenvalue weighted by molar-refractivity contribution is 0.475. The van der Waals surface area contributed by atoms with Crippen molar-refractivity contribution in [2.45, 2.75) is 11.8 Å². The van der Waals surface area contributed by atoms with Gasteiger partial charge in [-0.1, -0.05) is 6.07 Å². The highest BCUT2D eigenvalue weighted by Crippen LogP contribution is 2.35. The number of fused-ring (bicyclic) bond motifs is 1. The Morgan fingerprint density at radius 1 is 0.897 bits per heavy atom. The molecule has 0 bridgehead atoms. The van der Waals surface area contributed by atoms with Gasteiger partial charge in [0.1, 0.15) is 21.2 Å². The minimum absolute atomic E-state index is 0.156. The Labute approximate surface area is 170 Å². The van der Waals surface area contributed by atoms with Crippen LogP contribution in [0.15, 0.2) is 75.8 Å². The van der Waals surface area contributed by atoms with Gasteiger partial charge in [0.25, 0.3) is 10.1 Å². The van der Waals surface area contributed by atoms with Gasteiger partial charge in [-0.3, -0.25) is 4.55 Å². The Bertz CT molecular complexity index is 1330. The molecule has 9 heteroatoms. The van der Waals surface area contributed by atoms with Gasteiger partial charge in [0.2, 0.25) is 0 Å². The summed E-state index contributed by atoms with van der Waals surface area (Å²) in [5.41, 5.74) is 2.77. The first-order valence-electron chi connectivity index (χ1n) is 8.50. The van der Waals surface area contributed by atoms with E-state index in [0.29, 0.717) is 26.6 Å². The summed E-state index contributed by atoms with van der Waals surface area (Å²) >= 11 is 1.34. The fourth-order valence-corrected chi connectivity index (χ4v) is 4.74. The second-order valence-corrected chi connectivity index (χ2v) is 8.70. The molecule has 0 aliphatic carbocycles. The average molecular weight is 425 g/mol. The third-order valence-electron chi connectivity index (χ3n) is 4.21. The molecule has 0 amide bonds. The zero-order valence-corrected chi connectivity index (χ0v) is 16.8. The van der Waals surface area contributed by atoms with Crippen LogP contribution in [0.1, 0.15) is 5.56 Å². The number of rotatable bonds is 4. The normalized spacial score (nSPS) is 12.1. The number of aryl methyl sites for hydroxylation is 1. The third-order valence-corrected chi connectivity index (χ3v) is 6.32. The minimum atomic E-state index is -4.37. The summed E-state index contributed by atoms with van der Waals surface area (Å²) < 4.78 is 33.7. The van der Waals surface area contributed by atoms with Crippen LogP contribution in [0.3, 0.4) is 0 Å². The van der Waals surface area contributed by atoms with E-state index in [-0.39, 0.29) is 16.2 Å². The standard InChI is InChI=1S/C20H15N3O4S2/c1-12-2-11-17-18(19(12)29(25,26)27)21-20(28-17)13-3-5-14(6-4-13)22-23-15-7-9-16(24)10-8-15/h2-11,24H,1H3,(H,25,26,27)/b23-22+. The van der Waals surface area contributed by atoms with Gasteiger partial charge in [-0.2, -0.15) is 18.6 Å². The number of phenolic OH excluding ortho intramolecular Hbond substituents is 1. The molecule has 7 nitrogen and oxygen atoms in total. The van der Waals surface area contributed by atoms with Crippen LogP contribution < -0.4 is 0 Å². The topological polar surface area (TPSA) is 112 Å². The Balaban J connectivity index is 1.65. The summed E-state index contributed by atoms with van der Waals surface area (Å²) in [6.07, 6.45) is 0. The Hall–Kier alpha value is -3.14. The molecule has 0 aliphatic rings. The lowest BCUT2D eigenvalue weighted by Crippen LogP contribution is -2.01. The van der Waals surface area contributed by atoms with Gasteiger partial charge in [0.05, 0.1) is 16.1 Å². The Morgan fingerprint density at radius 3 is 2.07 bits per heavy atom. The van der Waals surface area contributed by atoms with Gasteiger partial charge >= 0.3 is 0 Å². The third kappa shape index (κ3) is 4.02. The van der Waals surface area contributed by atoms with Crippen molar-refractivity contribution < 1.29 is 18.1 Å².